The van der Waals surface area contributed by atoms with Gasteiger partial charge in [-0.2, -0.15) is 5.10 Å². The van der Waals surface area contributed by atoms with Crippen LogP contribution in [0.2, 0.25) is 0 Å². The van der Waals surface area contributed by atoms with E-state index < -0.39 is 0 Å². The van der Waals surface area contributed by atoms with Gasteiger partial charge >= 0.3 is 0 Å². The summed E-state index contributed by atoms with van der Waals surface area (Å²) in [4.78, 5) is 11.9. The van der Waals surface area contributed by atoms with Crippen LogP contribution in [0.3, 0.4) is 0 Å². The van der Waals surface area contributed by atoms with Gasteiger partial charge in [0.25, 0.3) is 5.91 Å². The smallest absolute Gasteiger partial charge is 0.277 e. The Morgan fingerprint density at radius 3 is 2.54 bits per heavy atom. The molecule has 1 amide bonds. The number of benzene rings is 3. The Morgan fingerprint density at radius 2 is 1.77 bits per heavy atom. The summed E-state index contributed by atoms with van der Waals surface area (Å²) in [5, 5.41) is 6.26. The van der Waals surface area contributed by atoms with Crippen LogP contribution in [0.1, 0.15) is 30.9 Å². The summed E-state index contributed by atoms with van der Waals surface area (Å²) < 4.78 is 5.49. The van der Waals surface area contributed by atoms with Crippen molar-refractivity contribution in [3.63, 3.8) is 0 Å². The van der Waals surface area contributed by atoms with Gasteiger partial charge in [0.15, 0.2) is 6.61 Å². The Hall–Kier alpha value is -3.14. The number of ether oxygens (including phenoxy) is 1. The molecule has 0 aliphatic rings. The molecule has 0 fully saturated rings. The molecule has 0 atom stereocenters. The highest BCUT2D eigenvalue weighted by atomic mass is 16.5. The average Bonchev–Trinajstić information content (AvgIpc) is 2.67. The molecule has 3 aromatic carbocycles. The molecule has 3 rings (SSSR count). The van der Waals surface area contributed by atoms with Gasteiger partial charge in [-0.1, -0.05) is 68.4 Å². The monoisotopic (exact) mass is 346 g/mol. The van der Waals surface area contributed by atoms with Crippen molar-refractivity contribution in [3.05, 3.63) is 77.9 Å². The van der Waals surface area contributed by atoms with E-state index >= 15 is 0 Å². The lowest BCUT2D eigenvalue weighted by molar-refractivity contribution is -0.123. The molecule has 0 bridgehead atoms. The fraction of sp³-hybridized carbons (Fsp3) is 0.182. The molecule has 0 saturated carbocycles. The second-order valence-electron chi connectivity index (χ2n) is 6.37. The van der Waals surface area contributed by atoms with E-state index in [1.54, 1.807) is 6.21 Å². The second-order valence-corrected chi connectivity index (χ2v) is 6.37. The van der Waals surface area contributed by atoms with E-state index in [4.69, 9.17) is 4.74 Å². The number of hydrogen-bond acceptors (Lipinski definition) is 3. The van der Waals surface area contributed by atoms with Crippen molar-refractivity contribution in [1.82, 2.24) is 5.43 Å². The molecule has 132 valence electrons. The number of carbonyl (C=O) groups is 1. The summed E-state index contributed by atoms with van der Waals surface area (Å²) in [7, 11) is 0. The topological polar surface area (TPSA) is 50.7 Å². The number of carbonyl (C=O) groups excluding carboxylic acids is 1. The summed E-state index contributed by atoms with van der Waals surface area (Å²) in [5.41, 5.74) is 4.69. The van der Waals surface area contributed by atoms with Crippen molar-refractivity contribution in [3.8, 4) is 5.75 Å². The van der Waals surface area contributed by atoms with Crippen LogP contribution in [-0.2, 0) is 4.79 Å². The number of nitrogens with zero attached hydrogens (tertiary/aromatic N) is 1. The zero-order valence-electron chi connectivity index (χ0n) is 15.0. The molecule has 0 saturated heterocycles. The molecule has 1 N–H and O–H groups in total. The Kier molecular flexibility index (Phi) is 5.64. The quantitative estimate of drug-likeness (QED) is 0.528. The molecular formula is C22H22N2O2. The third-order valence-corrected chi connectivity index (χ3v) is 4.13. The lowest BCUT2D eigenvalue weighted by Crippen LogP contribution is -2.24. The standard InChI is InChI=1S/C22H22N2O2/c1-16(2)17-10-12-20(13-11-17)26-15-22(25)24-23-14-19-8-5-7-18-6-3-4-9-21(18)19/h3-14,16H,15H2,1-2H3,(H,24,25). The first-order valence-electron chi connectivity index (χ1n) is 8.66. The van der Waals surface area contributed by atoms with E-state index in [0.29, 0.717) is 11.7 Å². The number of amides is 1. The van der Waals surface area contributed by atoms with E-state index in [9.17, 15) is 4.79 Å². The summed E-state index contributed by atoms with van der Waals surface area (Å²) >= 11 is 0. The predicted octanol–water partition coefficient (Wildman–Crippen LogP) is 4.49. The van der Waals surface area contributed by atoms with Crippen molar-refractivity contribution >= 4 is 22.9 Å². The minimum Gasteiger partial charge on any atom is -0.484 e. The van der Waals surface area contributed by atoms with E-state index in [0.717, 1.165) is 16.3 Å². The van der Waals surface area contributed by atoms with Crippen LogP contribution in [-0.4, -0.2) is 18.7 Å². The molecular weight excluding hydrogens is 324 g/mol. The maximum atomic E-state index is 11.9. The van der Waals surface area contributed by atoms with E-state index in [2.05, 4.69) is 24.4 Å². The number of hydrogen-bond donors (Lipinski definition) is 1. The van der Waals surface area contributed by atoms with Gasteiger partial charge < -0.3 is 4.74 Å². The molecule has 0 unspecified atom stereocenters. The first kappa shape index (κ1) is 17.7. The van der Waals surface area contributed by atoms with Crippen molar-refractivity contribution in [2.45, 2.75) is 19.8 Å². The van der Waals surface area contributed by atoms with Crippen LogP contribution in [0.15, 0.2) is 71.8 Å². The van der Waals surface area contributed by atoms with Crippen LogP contribution < -0.4 is 10.2 Å². The van der Waals surface area contributed by atoms with Crippen molar-refractivity contribution in [2.24, 2.45) is 5.10 Å². The first-order valence-corrected chi connectivity index (χ1v) is 8.66. The number of nitrogens with one attached hydrogen (secondary N) is 1. The Bertz CT molecular complexity index is 910. The normalized spacial score (nSPS) is 11.2. The molecule has 0 radical (unpaired) electrons. The minimum absolute atomic E-state index is 0.0755. The molecule has 26 heavy (non-hydrogen) atoms. The number of hydrazone groups is 1. The van der Waals surface area contributed by atoms with Crippen LogP contribution in [0.5, 0.6) is 5.75 Å². The maximum absolute atomic E-state index is 11.9. The van der Waals surface area contributed by atoms with E-state index in [1.807, 2.05) is 66.7 Å². The summed E-state index contributed by atoms with van der Waals surface area (Å²) in [6.07, 6.45) is 1.65. The highest BCUT2D eigenvalue weighted by Gasteiger charge is 2.03. The molecule has 4 heteroatoms. The number of rotatable bonds is 6. The largest absolute Gasteiger partial charge is 0.484 e. The van der Waals surface area contributed by atoms with Crippen LogP contribution in [0.25, 0.3) is 10.8 Å². The average molecular weight is 346 g/mol. The number of fused-ring (bicyclic) bond motifs is 1. The molecule has 0 aromatic heterocycles. The third kappa shape index (κ3) is 4.48. The molecule has 0 heterocycles. The first-order chi connectivity index (χ1) is 12.6. The van der Waals surface area contributed by atoms with Crippen LogP contribution in [0.4, 0.5) is 0 Å². The fourth-order valence-electron chi connectivity index (χ4n) is 2.67. The lowest BCUT2D eigenvalue weighted by atomic mass is 10.0. The molecule has 0 aliphatic carbocycles. The van der Waals surface area contributed by atoms with Gasteiger partial charge in [-0.25, -0.2) is 5.43 Å². The zero-order valence-corrected chi connectivity index (χ0v) is 15.0. The Labute approximate surface area is 153 Å². The van der Waals surface area contributed by atoms with Gasteiger partial charge in [0.05, 0.1) is 6.21 Å². The molecule has 0 aliphatic heterocycles. The zero-order chi connectivity index (χ0) is 18.4. The van der Waals surface area contributed by atoms with Crippen molar-refractivity contribution in [1.29, 1.82) is 0 Å². The van der Waals surface area contributed by atoms with Crippen molar-refractivity contribution < 1.29 is 9.53 Å². The SMILES string of the molecule is CC(C)c1ccc(OCC(=O)NN=Cc2cccc3ccccc23)cc1. The van der Waals surface area contributed by atoms with Crippen LogP contribution >= 0.6 is 0 Å². The van der Waals surface area contributed by atoms with E-state index in [1.165, 1.54) is 5.56 Å². The van der Waals surface area contributed by atoms with Gasteiger partial charge in [-0.05, 0) is 34.4 Å². The summed E-state index contributed by atoms with van der Waals surface area (Å²) in [5.74, 6) is 0.841. The predicted molar refractivity (Wildman–Crippen MR) is 106 cm³/mol. The highest BCUT2D eigenvalue weighted by molar-refractivity contribution is 5.99. The third-order valence-electron chi connectivity index (χ3n) is 4.13. The minimum atomic E-state index is -0.297. The Balaban J connectivity index is 1.54. The van der Waals surface area contributed by atoms with Gasteiger partial charge in [0.1, 0.15) is 5.75 Å². The molecule has 4 nitrogen and oxygen atoms in total. The summed E-state index contributed by atoms with van der Waals surface area (Å²) in [6, 6.07) is 21.8. The van der Waals surface area contributed by atoms with E-state index in [-0.39, 0.29) is 12.5 Å². The second kappa shape index (κ2) is 8.30. The van der Waals surface area contributed by atoms with Crippen LogP contribution in [0, 0.1) is 0 Å². The van der Waals surface area contributed by atoms with Gasteiger partial charge in [-0.3, -0.25) is 4.79 Å². The Morgan fingerprint density at radius 1 is 1.04 bits per heavy atom. The lowest BCUT2D eigenvalue weighted by Gasteiger charge is -2.08. The fourth-order valence-corrected chi connectivity index (χ4v) is 2.67. The highest BCUT2D eigenvalue weighted by Crippen LogP contribution is 2.18. The summed E-state index contributed by atoms with van der Waals surface area (Å²) in [6.45, 7) is 4.20. The van der Waals surface area contributed by atoms with Crippen molar-refractivity contribution in [2.75, 3.05) is 6.61 Å². The molecule has 0 spiro atoms. The maximum Gasteiger partial charge on any atom is 0.277 e. The van der Waals surface area contributed by atoms with Gasteiger partial charge in [-0.15, -0.1) is 0 Å². The van der Waals surface area contributed by atoms with Gasteiger partial charge in [0.2, 0.25) is 0 Å². The van der Waals surface area contributed by atoms with Gasteiger partial charge in [0, 0.05) is 5.56 Å². The molecule has 3 aromatic rings.